The molecule has 1 aliphatic heterocycles. The number of halogens is 1. The maximum Gasteiger partial charge on any atom is 0.318 e. The highest BCUT2D eigenvalue weighted by Crippen LogP contribution is 2.45. The summed E-state index contributed by atoms with van der Waals surface area (Å²) in [6, 6.07) is 16.3. The number of esters is 1. The van der Waals surface area contributed by atoms with Gasteiger partial charge in [-0.3, -0.25) is 9.39 Å². The van der Waals surface area contributed by atoms with Crippen molar-refractivity contribution in [2.45, 2.75) is 24.9 Å². The van der Waals surface area contributed by atoms with E-state index in [2.05, 4.69) is 12.1 Å². The van der Waals surface area contributed by atoms with E-state index in [0.29, 0.717) is 4.59 Å². The van der Waals surface area contributed by atoms with Gasteiger partial charge >= 0.3 is 5.97 Å². The second-order valence-electron chi connectivity index (χ2n) is 7.17. The van der Waals surface area contributed by atoms with Gasteiger partial charge in [0.2, 0.25) is 0 Å². The van der Waals surface area contributed by atoms with Gasteiger partial charge in [0.05, 0.1) is 20.1 Å². The lowest BCUT2D eigenvalue weighted by molar-refractivity contribution is -0.926. The van der Waals surface area contributed by atoms with Crippen LogP contribution in [0.5, 0.6) is 0 Å². The molecule has 1 saturated heterocycles. The Morgan fingerprint density at radius 1 is 1.00 bits per heavy atom. The first-order chi connectivity index (χ1) is 11.6. The van der Waals surface area contributed by atoms with E-state index in [9.17, 15) is 4.79 Å². The van der Waals surface area contributed by atoms with E-state index >= 15 is 0 Å². The number of hydrogen-bond donors (Lipinski definition) is 1. The van der Waals surface area contributed by atoms with E-state index in [0.717, 1.165) is 48.2 Å². The lowest BCUT2D eigenvalue weighted by Crippen LogP contribution is -3.00. The first-order valence-electron chi connectivity index (χ1n) is 8.57. The van der Waals surface area contributed by atoms with Crippen LogP contribution in [-0.4, -0.2) is 36.8 Å². The van der Waals surface area contributed by atoms with Crippen molar-refractivity contribution in [2.24, 2.45) is 5.84 Å². The molecule has 0 aromatic heterocycles. The molecule has 4 rings (SSSR count). The SMILES string of the molecule is C[N+]1(N)CCC(OC(=O)C2c3ccccc3-c3ccccc32)CC1.[Cl-]. The highest BCUT2D eigenvalue weighted by atomic mass is 35.5. The molecule has 0 unspecified atom stereocenters. The molecule has 5 heteroatoms. The molecule has 1 heterocycles. The summed E-state index contributed by atoms with van der Waals surface area (Å²) in [5.74, 6) is 5.68. The molecule has 1 aliphatic carbocycles. The summed E-state index contributed by atoms with van der Waals surface area (Å²) in [6.45, 7) is 1.69. The van der Waals surface area contributed by atoms with Crippen molar-refractivity contribution in [1.82, 2.24) is 0 Å². The van der Waals surface area contributed by atoms with Gasteiger partial charge in [0.1, 0.15) is 12.0 Å². The number of ether oxygens (including phenoxy) is 1. The summed E-state index contributed by atoms with van der Waals surface area (Å²) in [6.07, 6.45) is 1.64. The molecule has 2 aromatic rings. The Hall–Kier alpha value is -1.88. The van der Waals surface area contributed by atoms with E-state index in [1.165, 1.54) is 0 Å². The smallest absolute Gasteiger partial charge is 0.318 e. The lowest BCUT2D eigenvalue weighted by Gasteiger charge is -2.35. The number of rotatable bonds is 2. The Morgan fingerprint density at radius 2 is 1.48 bits per heavy atom. The first kappa shape index (κ1) is 17.9. The summed E-state index contributed by atoms with van der Waals surface area (Å²) in [5.41, 5.74) is 4.40. The highest BCUT2D eigenvalue weighted by molar-refractivity contribution is 5.93. The Morgan fingerprint density at radius 3 is 2.00 bits per heavy atom. The predicted molar refractivity (Wildman–Crippen MR) is 92.9 cm³/mol. The molecular weight excluding hydrogens is 336 g/mol. The van der Waals surface area contributed by atoms with Crippen LogP contribution in [0.15, 0.2) is 48.5 Å². The standard InChI is InChI=1S/C20H23N2O2.ClH/c1-22(21)12-10-14(11-13-22)24-20(23)19-17-8-4-2-6-15(17)16-7-3-5-9-18(16)19;/h2-9,14,19H,10-13,21H2,1H3;1H/q+1;/p-1. The van der Waals surface area contributed by atoms with Crippen LogP contribution in [0.25, 0.3) is 11.1 Å². The van der Waals surface area contributed by atoms with Crippen molar-refractivity contribution >= 4 is 5.97 Å². The van der Waals surface area contributed by atoms with E-state index < -0.39 is 0 Å². The number of benzene rings is 2. The Balaban J connectivity index is 0.00000182. The van der Waals surface area contributed by atoms with Crippen molar-refractivity contribution in [3.63, 3.8) is 0 Å². The molecule has 0 spiro atoms. The minimum atomic E-state index is -0.307. The topological polar surface area (TPSA) is 52.3 Å². The number of fused-ring (bicyclic) bond motifs is 3. The minimum Gasteiger partial charge on any atom is -1.00 e. The second kappa shape index (κ2) is 6.79. The van der Waals surface area contributed by atoms with Crippen LogP contribution in [0.3, 0.4) is 0 Å². The summed E-state index contributed by atoms with van der Waals surface area (Å²) < 4.78 is 6.39. The van der Waals surface area contributed by atoms with Crippen LogP contribution in [0, 0.1) is 0 Å². The number of nitrogens with two attached hydrogens (primary N) is 1. The maximum absolute atomic E-state index is 12.9. The molecule has 0 bridgehead atoms. The third-order valence-corrected chi connectivity index (χ3v) is 5.28. The Kier molecular flexibility index (Phi) is 4.87. The third-order valence-electron chi connectivity index (χ3n) is 5.28. The third kappa shape index (κ3) is 3.30. The predicted octanol–water partition coefficient (Wildman–Crippen LogP) is -0.171. The van der Waals surface area contributed by atoms with E-state index in [1.54, 1.807) is 0 Å². The quantitative estimate of drug-likeness (QED) is 0.461. The molecule has 2 N–H and O–H groups in total. The molecule has 0 radical (unpaired) electrons. The van der Waals surface area contributed by atoms with Crippen LogP contribution >= 0.6 is 0 Å². The van der Waals surface area contributed by atoms with E-state index in [4.69, 9.17) is 10.6 Å². The van der Waals surface area contributed by atoms with Gasteiger partial charge in [-0.25, -0.2) is 0 Å². The molecule has 132 valence electrons. The van der Waals surface area contributed by atoms with Crippen LogP contribution in [0.2, 0.25) is 0 Å². The summed E-state index contributed by atoms with van der Waals surface area (Å²) in [5, 5.41) is 0. The number of likely N-dealkylation sites (tertiary alicyclic amines) is 1. The molecule has 2 aliphatic rings. The fraction of sp³-hybridized carbons (Fsp3) is 0.350. The molecule has 1 fully saturated rings. The van der Waals surface area contributed by atoms with Gasteiger partial charge in [0.15, 0.2) is 0 Å². The average molecular weight is 359 g/mol. The second-order valence-corrected chi connectivity index (χ2v) is 7.17. The maximum atomic E-state index is 12.9. The number of carbonyl (C=O) groups is 1. The zero-order valence-electron chi connectivity index (χ0n) is 14.3. The number of quaternary nitrogens is 1. The largest absolute Gasteiger partial charge is 1.00 e. The first-order valence-corrected chi connectivity index (χ1v) is 8.57. The van der Waals surface area contributed by atoms with Gasteiger partial charge in [-0.2, -0.15) is 5.84 Å². The van der Waals surface area contributed by atoms with Crippen molar-refractivity contribution in [3.05, 3.63) is 59.7 Å². The summed E-state index contributed by atoms with van der Waals surface area (Å²) >= 11 is 0. The molecule has 25 heavy (non-hydrogen) atoms. The lowest BCUT2D eigenvalue weighted by atomic mass is 9.97. The number of hydrogen-bond acceptors (Lipinski definition) is 3. The molecule has 0 amide bonds. The molecule has 4 nitrogen and oxygen atoms in total. The van der Waals surface area contributed by atoms with E-state index in [-0.39, 0.29) is 30.4 Å². The van der Waals surface area contributed by atoms with Crippen molar-refractivity contribution in [1.29, 1.82) is 0 Å². The monoisotopic (exact) mass is 358 g/mol. The number of piperidine rings is 1. The van der Waals surface area contributed by atoms with Crippen molar-refractivity contribution < 1.29 is 26.5 Å². The van der Waals surface area contributed by atoms with Crippen molar-refractivity contribution in [3.8, 4) is 11.1 Å². The summed E-state index contributed by atoms with van der Waals surface area (Å²) in [7, 11) is 2.02. The fourth-order valence-electron chi connectivity index (χ4n) is 3.89. The van der Waals surface area contributed by atoms with Gasteiger partial charge < -0.3 is 17.1 Å². The minimum absolute atomic E-state index is 0. The highest BCUT2D eigenvalue weighted by Gasteiger charge is 2.37. The molecule has 0 atom stereocenters. The molecule has 0 saturated carbocycles. The van der Waals surface area contributed by atoms with Gasteiger partial charge in [-0.05, 0) is 22.3 Å². The van der Waals surface area contributed by atoms with Crippen LogP contribution < -0.4 is 18.2 Å². The number of carbonyl (C=O) groups excluding carboxylic acids is 1. The van der Waals surface area contributed by atoms with Gasteiger partial charge in [-0.1, -0.05) is 48.5 Å². The van der Waals surface area contributed by atoms with Crippen LogP contribution in [-0.2, 0) is 9.53 Å². The van der Waals surface area contributed by atoms with Gasteiger partial charge in [0, 0.05) is 12.8 Å². The zero-order chi connectivity index (χ0) is 16.7. The fourth-order valence-corrected chi connectivity index (χ4v) is 3.89. The van der Waals surface area contributed by atoms with Crippen molar-refractivity contribution in [2.75, 3.05) is 20.1 Å². The zero-order valence-corrected chi connectivity index (χ0v) is 15.1. The number of nitrogens with zero attached hydrogens (tertiary/aromatic N) is 1. The Bertz CT molecular complexity index is 735. The summed E-state index contributed by atoms with van der Waals surface area (Å²) in [4.78, 5) is 12.9. The molecule has 2 aromatic carbocycles. The average Bonchev–Trinajstić information content (AvgIpc) is 2.91. The Labute approximate surface area is 154 Å². The normalized spacial score (nSPS) is 24.8. The van der Waals surface area contributed by atoms with Crippen LogP contribution in [0.1, 0.15) is 29.9 Å². The van der Waals surface area contributed by atoms with Gasteiger partial charge in [-0.15, -0.1) is 0 Å². The van der Waals surface area contributed by atoms with Gasteiger partial charge in [0.25, 0.3) is 0 Å². The van der Waals surface area contributed by atoms with Crippen LogP contribution in [0.4, 0.5) is 0 Å². The van der Waals surface area contributed by atoms with E-state index in [1.807, 2.05) is 43.4 Å². The molecular formula is C20H23ClN2O2.